The molecule has 0 fully saturated rings. The molecule has 202 valence electrons. The molecule has 0 unspecified atom stereocenters. The van der Waals surface area contributed by atoms with Gasteiger partial charge in [-0.3, -0.25) is 0 Å². The number of aromatic nitrogens is 1. The summed E-state index contributed by atoms with van der Waals surface area (Å²) in [5.41, 5.74) is 7.50. The summed E-state index contributed by atoms with van der Waals surface area (Å²) in [6.07, 6.45) is 1.83. The van der Waals surface area contributed by atoms with Crippen molar-refractivity contribution in [3.05, 3.63) is 77.9 Å². The molecule has 3 aromatic carbocycles. The van der Waals surface area contributed by atoms with Crippen molar-refractivity contribution in [1.29, 1.82) is 0 Å². The molecule has 0 bridgehead atoms. The normalized spacial score (nSPS) is 13.3. The number of nitrogens with zero attached hydrogens (tertiary/aromatic N) is 4. The molecule has 0 saturated carbocycles. The Balaban J connectivity index is 1.62. The van der Waals surface area contributed by atoms with E-state index in [1.54, 1.807) is 12.1 Å². The van der Waals surface area contributed by atoms with Crippen molar-refractivity contribution in [3.8, 4) is 33.9 Å². The van der Waals surface area contributed by atoms with Crippen molar-refractivity contribution in [2.24, 2.45) is 5.16 Å². The molecule has 1 aliphatic carbocycles. The van der Waals surface area contributed by atoms with Crippen LogP contribution in [0.2, 0.25) is 0 Å². The van der Waals surface area contributed by atoms with E-state index in [1.165, 1.54) is 0 Å². The maximum Gasteiger partial charge on any atom is 0.120 e. The Labute approximate surface area is 230 Å². The van der Waals surface area contributed by atoms with E-state index in [9.17, 15) is 5.11 Å². The Morgan fingerprint density at radius 2 is 1.51 bits per heavy atom. The minimum absolute atomic E-state index is 0.223. The summed E-state index contributed by atoms with van der Waals surface area (Å²) >= 11 is 0. The number of ether oxygens (including phenoxy) is 1. The van der Waals surface area contributed by atoms with E-state index in [2.05, 4.69) is 56.2 Å². The number of phenols is 1. The van der Waals surface area contributed by atoms with Crippen LogP contribution in [0.1, 0.15) is 24.0 Å². The van der Waals surface area contributed by atoms with Gasteiger partial charge < -0.3 is 24.5 Å². The number of aromatic hydroxyl groups is 1. The first kappa shape index (κ1) is 26.7. The van der Waals surface area contributed by atoms with Crippen LogP contribution >= 0.6 is 0 Å². The van der Waals surface area contributed by atoms with Crippen LogP contribution in [0.25, 0.3) is 33.3 Å². The molecule has 0 aliphatic heterocycles. The lowest BCUT2D eigenvalue weighted by atomic mass is 9.96. The average molecular weight is 525 g/mol. The lowest BCUT2D eigenvalue weighted by Crippen LogP contribution is -2.15. The summed E-state index contributed by atoms with van der Waals surface area (Å²) < 4.78 is 6.14. The third-order valence-corrected chi connectivity index (χ3v) is 6.80. The molecule has 0 saturated heterocycles. The van der Waals surface area contributed by atoms with Gasteiger partial charge >= 0.3 is 0 Å². The molecule has 1 aliphatic rings. The van der Waals surface area contributed by atoms with Gasteiger partial charge in [0.1, 0.15) is 23.8 Å². The average Bonchev–Trinajstić information content (AvgIpc) is 3.24. The predicted octanol–water partition coefficient (Wildman–Crippen LogP) is 5.64. The second-order valence-electron chi connectivity index (χ2n) is 10.4. The Bertz CT molecular complexity index is 1480. The third-order valence-electron chi connectivity index (χ3n) is 6.80. The van der Waals surface area contributed by atoms with Gasteiger partial charge in [-0.1, -0.05) is 23.4 Å². The minimum Gasteiger partial charge on any atom is -0.508 e. The lowest BCUT2D eigenvalue weighted by Gasteiger charge is -2.13. The molecule has 1 aromatic heterocycles. The minimum atomic E-state index is 0.223. The SMILES string of the molecule is CN(C)CCCO/N=C1\c2cc(OCCCN(C)C)ccc2-c2c(-c3ccc(O)cc3)nc3ccccc3c21. The van der Waals surface area contributed by atoms with Gasteiger partial charge in [-0.2, -0.15) is 0 Å². The van der Waals surface area contributed by atoms with Gasteiger partial charge in [0.05, 0.1) is 17.8 Å². The van der Waals surface area contributed by atoms with E-state index in [0.29, 0.717) is 13.2 Å². The van der Waals surface area contributed by atoms with E-state index in [0.717, 1.165) is 81.8 Å². The number of phenolic OH excluding ortho intramolecular Hbond substituents is 1. The number of para-hydroxylation sites is 1. The molecule has 39 heavy (non-hydrogen) atoms. The van der Waals surface area contributed by atoms with E-state index in [1.807, 2.05) is 36.4 Å². The summed E-state index contributed by atoms with van der Waals surface area (Å²) in [6, 6.07) is 21.5. The fraction of sp³-hybridized carbons (Fsp3) is 0.312. The Hall–Kier alpha value is -3.94. The zero-order chi connectivity index (χ0) is 27.4. The van der Waals surface area contributed by atoms with Gasteiger partial charge in [0, 0.05) is 40.7 Å². The van der Waals surface area contributed by atoms with Crippen molar-refractivity contribution < 1.29 is 14.7 Å². The Morgan fingerprint density at radius 1 is 0.795 bits per heavy atom. The van der Waals surface area contributed by atoms with Gasteiger partial charge in [0.15, 0.2) is 0 Å². The first-order chi connectivity index (χ1) is 18.9. The topological polar surface area (TPSA) is 70.4 Å². The van der Waals surface area contributed by atoms with Crippen LogP contribution in [0.4, 0.5) is 0 Å². The van der Waals surface area contributed by atoms with Crippen molar-refractivity contribution in [3.63, 3.8) is 0 Å². The van der Waals surface area contributed by atoms with Gasteiger partial charge in [0.2, 0.25) is 0 Å². The number of hydrogen-bond acceptors (Lipinski definition) is 7. The van der Waals surface area contributed by atoms with Crippen molar-refractivity contribution >= 4 is 16.6 Å². The van der Waals surface area contributed by atoms with Gasteiger partial charge in [-0.15, -0.1) is 0 Å². The van der Waals surface area contributed by atoms with Crippen LogP contribution in [0, 0.1) is 0 Å². The fourth-order valence-corrected chi connectivity index (χ4v) is 4.93. The largest absolute Gasteiger partial charge is 0.508 e. The molecule has 0 radical (unpaired) electrons. The Morgan fingerprint density at radius 3 is 2.26 bits per heavy atom. The van der Waals surface area contributed by atoms with E-state index in [4.69, 9.17) is 19.7 Å². The summed E-state index contributed by atoms with van der Waals surface area (Å²) in [5.74, 6) is 1.03. The number of rotatable bonds is 11. The number of fused-ring (bicyclic) bond motifs is 5. The molecule has 0 spiro atoms. The van der Waals surface area contributed by atoms with E-state index >= 15 is 0 Å². The maximum atomic E-state index is 9.92. The predicted molar refractivity (Wildman–Crippen MR) is 158 cm³/mol. The third kappa shape index (κ3) is 5.90. The van der Waals surface area contributed by atoms with E-state index < -0.39 is 0 Å². The van der Waals surface area contributed by atoms with Crippen molar-refractivity contribution in [2.45, 2.75) is 12.8 Å². The van der Waals surface area contributed by atoms with Crippen LogP contribution in [0.5, 0.6) is 11.5 Å². The fourth-order valence-electron chi connectivity index (χ4n) is 4.93. The van der Waals surface area contributed by atoms with Crippen LogP contribution in [-0.2, 0) is 4.84 Å². The monoisotopic (exact) mass is 524 g/mol. The zero-order valence-corrected chi connectivity index (χ0v) is 23.1. The van der Waals surface area contributed by atoms with Gasteiger partial charge in [-0.25, -0.2) is 4.98 Å². The van der Waals surface area contributed by atoms with Crippen LogP contribution in [0.15, 0.2) is 71.9 Å². The standard InChI is InChI=1S/C32H36N4O3/c1-35(2)17-7-19-38-24-15-16-25-27(21-24)32(34-39-20-8-18-36(3)4)30-26-9-5-6-10-28(26)33-31(29(25)30)22-11-13-23(37)14-12-22/h5-6,9-16,21,37H,7-8,17-20H2,1-4H3/b34-32+. The van der Waals surface area contributed by atoms with Crippen LogP contribution in [0.3, 0.4) is 0 Å². The van der Waals surface area contributed by atoms with Crippen molar-refractivity contribution in [1.82, 2.24) is 14.8 Å². The second kappa shape index (κ2) is 11.8. The van der Waals surface area contributed by atoms with Crippen molar-refractivity contribution in [2.75, 3.05) is 54.5 Å². The molecule has 7 heteroatoms. The number of hydrogen-bond donors (Lipinski definition) is 1. The molecular weight excluding hydrogens is 488 g/mol. The number of benzene rings is 3. The molecule has 4 aromatic rings. The Kier molecular flexibility index (Phi) is 8.10. The smallest absolute Gasteiger partial charge is 0.120 e. The highest BCUT2D eigenvalue weighted by Gasteiger charge is 2.32. The first-order valence-electron chi connectivity index (χ1n) is 13.4. The molecular formula is C32H36N4O3. The molecule has 0 amide bonds. The van der Waals surface area contributed by atoms with E-state index in [-0.39, 0.29) is 5.75 Å². The summed E-state index contributed by atoms with van der Waals surface area (Å²) in [6.45, 7) is 3.07. The molecule has 1 heterocycles. The quantitative estimate of drug-likeness (QED) is 0.178. The van der Waals surface area contributed by atoms with Crippen LogP contribution < -0.4 is 4.74 Å². The van der Waals surface area contributed by atoms with Crippen LogP contribution in [-0.4, -0.2) is 80.1 Å². The maximum absolute atomic E-state index is 9.92. The summed E-state index contributed by atoms with van der Waals surface area (Å²) in [5, 5.41) is 15.7. The highest BCUT2D eigenvalue weighted by atomic mass is 16.6. The summed E-state index contributed by atoms with van der Waals surface area (Å²) in [4.78, 5) is 15.3. The second-order valence-corrected chi connectivity index (χ2v) is 10.4. The van der Waals surface area contributed by atoms with Gasteiger partial charge in [0.25, 0.3) is 0 Å². The summed E-state index contributed by atoms with van der Waals surface area (Å²) in [7, 11) is 8.24. The molecule has 5 rings (SSSR count). The first-order valence-corrected chi connectivity index (χ1v) is 13.4. The highest BCUT2D eigenvalue weighted by molar-refractivity contribution is 6.31. The highest BCUT2D eigenvalue weighted by Crippen LogP contribution is 2.46. The number of oxime groups is 1. The molecule has 0 atom stereocenters. The zero-order valence-electron chi connectivity index (χ0n) is 23.1. The number of pyridine rings is 1. The molecule has 7 nitrogen and oxygen atoms in total. The van der Waals surface area contributed by atoms with Gasteiger partial charge in [-0.05, 0) is 95.1 Å². The lowest BCUT2D eigenvalue weighted by molar-refractivity contribution is 0.135. The molecule has 1 N–H and O–H groups in total.